The molecule has 1 unspecified atom stereocenters. The summed E-state index contributed by atoms with van der Waals surface area (Å²) in [6, 6.07) is 0. The van der Waals surface area contributed by atoms with Crippen LogP contribution in [0.2, 0.25) is 0 Å². The summed E-state index contributed by atoms with van der Waals surface area (Å²) in [6.07, 6.45) is 0.203. The van der Waals surface area contributed by atoms with E-state index >= 15 is 0 Å². The average Bonchev–Trinajstić information content (AvgIpc) is 2.03. The molecule has 0 radical (unpaired) electrons. The Kier molecular flexibility index (Phi) is 3.09. The molecule has 0 amide bonds. The molecule has 0 aromatic heterocycles. The van der Waals surface area contributed by atoms with Crippen molar-refractivity contribution in [2.45, 2.75) is 18.9 Å². The molecule has 1 aliphatic rings. The molecule has 1 aliphatic heterocycles. The van der Waals surface area contributed by atoms with E-state index in [9.17, 15) is 13.5 Å². The first-order valence-electron chi connectivity index (χ1n) is 4.04. The van der Waals surface area contributed by atoms with E-state index in [1.54, 1.807) is 0 Å². The van der Waals surface area contributed by atoms with Gasteiger partial charge in [0, 0.05) is 0 Å². The Morgan fingerprint density at radius 1 is 1.33 bits per heavy atom. The van der Waals surface area contributed by atoms with E-state index in [1.807, 2.05) is 0 Å². The van der Waals surface area contributed by atoms with Crippen LogP contribution in [0.4, 0.5) is 0 Å². The molecule has 2 N–H and O–H groups in total. The summed E-state index contributed by atoms with van der Waals surface area (Å²) in [7, 11) is -2.85. The van der Waals surface area contributed by atoms with Crippen molar-refractivity contribution in [1.82, 2.24) is 0 Å². The van der Waals surface area contributed by atoms with Crippen molar-refractivity contribution in [2.75, 3.05) is 18.1 Å². The van der Waals surface area contributed by atoms with Crippen LogP contribution < -0.4 is 0 Å². The van der Waals surface area contributed by atoms with Crippen LogP contribution in [-0.4, -0.2) is 42.8 Å². The van der Waals surface area contributed by atoms with E-state index in [1.165, 1.54) is 0 Å². The number of hydrogen-bond acceptors (Lipinski definition) is 4. The van der Waals surface area contributed by atoms with Crippen molar-refractivity contribution in [3.63, 3.8) is 0 Å². The van der Waals surface area contributed by atoms with Gasteiger partial charge in [-0.1, -0.05) is 0 Å². The van der Waals surface area contributed by atoms with Crippen LogP contribution in [0.1, 0.15) is 12.8 Å². The van der Waals surface area contributed by atoms with Crippen molar-refractivity contribution < 1.29 is 18.6 Å². The molecule has 1 saturated heterocycles. The van der Waals surface area contributed by atoms with Gasteiger partial charge < -0.3 is 10.2 Å². The number of hydrogen-bond donors (Lipinski definition) is 2. The van der Waals surface area contributed by atoms with Crippen LogP contribution in [0.25, 0.3) is 0 Å². The summed E-state index contributed by atoms with van der Waals surface area (Å²) in [6.45, 7) is -0.273. The highest BCUT2D eigenvalue weighted by Crippen LogP contribution is 2.21. The van der Waals surface area contributed by atoms with Crippen molar-refractivity contribution in [2.24, 2.45) is 5.92 Å². The highest BCUT2D eigenvalue weighted by atomic mass is 32.2. The predicted molar refractivity (Wildman–Crippen MR) is 44.5 cm³/mol. The fraction of sp³-hybridized carbons (Fsp3) is 1.00. The van der Waals surface area contributed by atoms with Gasteiger partial charge in [0.2, 0.25) is 0 Å². The fourth-order valence-corrected chi connectivity index (χ4v) is 2.97. The molecule has 4 nitrogen and oxygen atoms in total. The van der Waals surface area contributed by atoms with Crippen LogP contribution in [0.5, 0.6) is 0 Å². The van der Waals surface area contributed by atoms with Gasteiger partial charge in [-0.2, -0.15) is 0 Å². The third-order valence-corrected chi connectivity index (χ3v) is 4.05. The van der Waals surface area contributed by atoms with Gasteiger partial charge in [0.25, 0.3) is 0 Å². The SMILES string of the molecule is O=S1(=O)CCC(C(O)CO)CC1. The van der Waals surface area contributed by atoms with Gasteiger partial charge in [-0.15, -0.1) is 0 Å². The first kappa shape index (κ1) is 9.95. The van der Waals surface area contributed by atoms with E-state index < -0.39 is 15.9 Å². The van der Waals surface area contributed by atoms with Gasteiger partial charge >= 0.3 is 0 Å². The van der Waals surface area contributed by atoms with E-state index in [0.717, 1.165) is 0 Å². The van der Waals surface area contributed by atoms with Crippen molar-refractivity contribution >= 4 is 9.84 Å². The van der Waals surface area contributed by atoms with E-state index in [0.29, 0.717) is 12.8 Å². The molecule has 1 rings (SSSR count). The fourth-order valence-electron chi connectivity index (χ4n) is 1.44. The highest BCUT2D eigenvalue weighted by Gasteiger charge is 2.27. The van der Waals surface area contributed by atoms with E-state index in [4.69, 9.17) is 5.11 Å². The molecule has 0 spiro atoms. The molecule has 0 aromatic carbocycles. The summed E-state index contributed by atoms with van der Waals surface area (Å²) < 4.78 is 21.9. The summed E-state index contributed by atoms with van der Waals surface area (Å²) in [5, 5.41) is 17.8. The summed E-state index contributed by atoms with van der Waals surface area (Å²) in [5.74, 6) is 0.252. The molecule has 0 bridgehead atoms. The largest absolute Gasteiger partial charge is 0.394 e. The zero-order valence-corrected chi connectivity index (χ0v) is 7.63. The first-order valence-corrected chi connectivity index (χ1v) is 5.86. The monoisotopic (exact) mass is 194 g/mol. The van der Waals surface area contributed by atoms with Crippen LogP contribution in [0, 0.1) is 5.92 Å². The molecule has 1 fully saturated rings. The third-order valence-electron chi connectivity index (χ3n) is 2.33. The number of aliphatic hydroxyl groups excluding tert-OH is 2. The number of aliphatic hydroxyl groups is 2. The van der Waals surface area contributed by atoms with Gasteiger partial charge in [-0.25, -0.2) is 8.42 Å². The van der Waals surface area contributed by atoms with Crippen LogP contribution in [0.3, 0.4) is 0 Å². The average molecular weight is 194 g/mol. The van der Waals surface area contributed by atoms with Crippen molar-refractivity contribution in [1.29, 1.82) is 0 Å². The standard InChI is InChI=1S/C7H14O4S/c8-5-7(9)6-1-3-12(10,11)4-2-6/h6-9H,1-5H2. The first-order chi connectivity index (χ1) is 5.55. The molecular weight excluding hydrogens is 180 g/mol. The van der Waals surface area contributed by atoms with Gasteiger partial charge in [0.1, 0.15) is 9.84 Å². The Hall–Kier alpha value is -0.130. The quantitative estimate of drug-likeness (QED) is 0.601. The Labute approximate surface area is 72.1 Å². The molecule has 1 atom stereocenters. The van der Waals surface area contributed by atoms with Gasteiger partial charge in [0.05, 0.1) is 24.2 Å². The second-order valence-corrected chi connectivity index (χ2v) is 5.54. The van der Waals surface area contributed by atoms with Gasteiger partial charge in [-0.05, 0) is 18.8 Å². The minimum atomic E-state index is -2.85. The Morgan fingerprint density at radius 3 is 2.25 bits per heavy atom. The Morgan fingerprint density at radius 2 is 1.83 bits per heavy atom. The highest BCUT2D eigenvalue weighted by molar-refractivity contribution is 7.91. The normalized spacial score (nSPS) is 26.8. The lowest BCUT2D eigenvalue weighted by molar-refractivity contribution is 0.0433. The molecule has 12 heavy (non-hydrogen) atoms. The maximum atomic E-state index is 11.0. The van der Waals surface area contributed by atoms with Crippen LogP contribution >= 0.6 is 0 Å². The Balaban J connectivity index is 2.46. The summed E-state index contributed by atoms with van der Waals surface area (Å²) in [5.41, 5.74) is 0. The minimum Gasteiger partial charge on any atom is -0.394 e. The van der Waals surface area contributed by atoms with Crippen LogP contribution in [0.15, 0.2) is 0 Å². The summed E-state index contributed by atoms with van der Waals surface area (Å²) in [4.78, 5) is 0. The molecule has 0 saturated carbocycles. The Bertz CT molecular complexity index is 220. The molecule has 72 valence electrons. The van der Waals surface area contributed by atoms with Crippen molar-refractivity contribution in [3.05, 3.63) is 0 Å². The predicted octanol–water partition coefficient (Wildman–Crippen LogP) is -0.836. The second kappa shape index (κ2) is 3.72. The number of sulfone groups is 1. The maximum Gasteiger partial charge on any atom is 0.150 e. The maximum absolute atomic E-state index is 11.0. The molecule has 1 heterocycles. The topological polar surface area (TPSA) is 74.6 Å². The minimum absolute atomic E-state index is 0.0430. The lowest BCUT2D eigenvalue weighted by Gasteiger charge is -2.25. The van der Waals surface area contributed by atoms with E-state index in [2.05, 4.69) is 0 Å². The van der Waals surface area contributed by atoms with Crippen molar-refractivity contribution in [3.8, 4) is 0 Å². The number of rotatable bonds is 2. The molecular formula is C7H14O4S. The van der Waals surface area contributed by atoms with E-state index in [-0.39, 0.29) is 24.0 Å². The zero-order valence-electron chi connectivity index (χ0n) is 6.81. The smallest absolute Gasteiger partial charge is 0.150 e. The third kappa shape index (κ3) is 2.43. The molecule has 0 aromatic rings. The lowest BCUT2D eigenvalue weighted by atomic mass is 9.97. The lowest BCUT2D eigenvalue weighted by Crippen LogP contribution is -2.32. The van der Waals surface area contributed by atoms with Gasteiger partial charge in [0.15, 0.2) is 0 Å². The zero-order chi connectivity index (χ0) is 9.19. The van der Waals surface area contributed by atoms with Crippen LogP contribution in [-0.2, 0) is 9.84 Å². The summed E-state index contributed by atoms with van der Waals surface area (Å²) >= 11 is 0. The second-order valence-electron chi connectivity index (χ2n) is 3.24. The molecule has 5 heteroatoms. The van der Waals surface area contributed by atoms with Gasteiger partial charge in [-0.3, -0.25) is 0 Å². The molecule has 0 aliphatic carbocycles.